The lowest BCUT2D eigenvalue weighted by Gasteiger charge is -2.12. The van der Waals surface area contributed by atoms with Crippen LogP contribution in [0.25, 0.3) is 0 Å². The van der Waals surface area contributed by atoms with Crippen LogP contribution in [0.3, 0.4) is 0 Å². The Morgan fingerprint density at radius 3 is 2.44 bits per heavy atom. The second kappa shape index (κ2) is 13.8. The predicted octanol–water partition coefficient (Wildman–Crippen LogP) is 4.03. The molecule has 176 valence electrons. The maximum absolute atomic E-state index is 12.2. The Hall–Kier alpha value is -2.57. The van der Waals surface area contributed by atoms with Gasteiger partial charge in [-0.05, 0) is 43.2 Å². The number of aromatic nitrogens is 1. The van der Waals surface area contributed by atoms with Crippen molar-refractivity contribution in [2.45, 2.75) is 33.0 Å². The fourth-order valence-electron chi connectivity index (χ4n) is 2.41. The molecule has 0 spiro atoms. The summed E-state index contributed by atoms with van der Waals surface area (Å²) < 4.78 is 41.3. The highest BCUT2D eigenvalue weighted by Gasteiger charge is 2.28. The number of aliphatic imine (C=N–C) groups is 1. The van der Waals surface area contributed by atoms with Crippen LogP contribution in [0.15, 0.2) is 47.6 Å². The van der Waals surface area contributed by atoms with Gasteiger partial charge in [0.2, 0.25) is 5.91 Å². The molecule has 1 amide bonds. The van der Waals surface area contributed by atoms with E-state index in [1.807, 2.05) is 19.9 Å². The number of carbonyl (C=O) groups is 1. The Kier molecular flexibility index (Phi) is 11.8. The first kappa shape index (κ1) is 27.5. The van der Waals surface area contributed by atoms with E-state index in [2.05, 4.69) is 30.7 Å². The third kappa shape index (κ3) is 11.2. The molecule has 0 atom stereocenters. The van der Waals surface area contributed by atoms with E-state index in [0.29, 0.717) is 31.4 Å². The summed E-state index contributed by atoms with van der Waals surface area (Å²) in [5, 5.41) is 8.87. The molecule has 2 rings (SSSR count). The molecule has 0 fully saturated rings. The van der Waals surface area contributed by atoms with Gasteiger partial charge >= 0.3 is 6.18 Å². The van der Waals surface area contributed by atoms with Gasteiger partial charge in [-0.25, -0.2) is 9.98 Å². The number of carbonyl (C=O) groups excluding carboxylic acids is 1. The van der Waals surface area contributed by atoms with E-state index in [1.54, 1.807) is 24.4 Å². The molecule has 1 aromatic heterocycles. The summed E-state index contributed by atoms with van der Waals surface area (Å²) in [4.78, 5) is 20.6. The smallest absolute Gasteiger partial charge is 0.422 e. The van der Waals surface area contributed by atoms with Gasteiger partial charge in [0.05, 0.1) is 6.54 Å². The fraction of sp³-hybridized carbons (Fsp3) is 0.381. The zero-order chi connectivity index (χ0) is 22.7. The van der Waals surface area contributed by atoms with Crippen molar-refractivity contribution in [3.63, 3.8) is 0 Å². The monoisotopic (exact) mass is 565 g/mol. The van der Waals surface area contributed by atoms with Gasteiger partial charge in [0.1, 0.15) is 11.6 Å². The molecule has 0 aliphatic heterocycles. The fourth-order valence-corrected chi connectivity index (χ4v) is 2.41. The highest BCUT2D eigenvalue weighted by atomic mass is 127. The molecule has 3 N–H and O–H groups in total. The summed E-state index contributed by atoms with van der Waals surface area (Å²) in [5.41, 5.74) is 1.81. The number of guanidine groups is 1. The maximum atomic E-state index is 12.2. The van der Waals surface area contributed by atoms with Gasteiger partial charge in [-0.2, -0.15) is 13.2 Å². The number of nitrogens with zero attached hydrogens (tertiary/aromatic N) is 2. The number of rotatable bonds is 9. The first-order valence-corrected chi connectivity index (χ1v) is 9.78. The Morgan fingerprint density at radius 2 is 1.84 bits per heavy atom. The zero-order valence-corrected chi connectivity index (χ0v) is 20.2. The predicted molar refractivity (Wildman–Crippen MR) is 128 cm³/mol. The number of halogens is 4. The molecule has 0 aliphatic carbocycles. The van der Waals surface area contributed by atoms with Crippen molar-refractivity contribution in [1.82, 2.24) is 15.6 Å². The van der Waals surface area contributed by atoms with Crippen LogP contribution in [-0.4, -0.2) is 42.7 Å². The lowest BCUT2D eigenvalue weighted by molar-refractivity contribution is -0.153. The Morgan fingerprint density at radius 1 is 1.12 bits per heavy atom. The van der Waals surface area contributed by atoms with Crippen molar-refractivity contribution in [2.75, 3.05) is 25.0 Å². The van der Waals surface area contributed by atoms with Crippen molar-refractivity contribution >= 4 is 41.7 Å². The number of anilines is 1. The van der Waals surface area contributed by atoms with E-state index in [9.17, 15) is 18.0 Å². The minimum atomic E-state index is -4.37. The molecule has 1 heterocycles. The molecular formula is C21H27F3IN5O2. The molecule has 0 saturated heterocycles. The van der Waals surface area contributed by atoms with E-state index in [0.717, 1.165) is 11.1 Å². The number of hydrogen-bond acceptors (Lipinski definition) is 4. The number of amides is 1. The minimum absolute atomic E-state index is 0. The molecule has 32 heavy (non-hydrogen) atoms. The van der Waals surface area contributed by atoms with Gasteiger partial charge < -0.3 is 20.7 Å². The Balaban J connectivity index is 0.00000512. The average molecular weight is 565 g/mol. The van der Waals surface area contributed by atoms with Crippen molar-refractivity contribution in [3.8, 4) is 5.75 Å². The average Bonchev–Trinajstić information content (AvgIpc) is 2.72. The minimum Gasteiger partial charge on any atom is -0.484 e. The number of benzene rings is 1. The second-order valence-corrected chi connectivity index (χ2v) is 6.69. The first-order valence-electron chi connectivity index (χ1n) is 9.78. The lowest BCUT2D eigenvalue weighted by atomic mass is 10.2. The summed E-state index contributed by atoms with van der Waals surface area (Å²) >= 11 is 0. The van der Waals surface area contributed by atoms with Crippen molar-refractivity contribution < 1.29 is 22.7 Å². The van der Waals surface area contributed by atoms with Crippen molar-refractivity contribution in [2.24, 2.45) is 4.99 Å². The van der Waals surface area contributed by atoms with Gasteiger partial charge in [0.25, 0.3) is 0 Å². The standard InChI is InChI=1S/C21H26F3N5O2.HI/c1-3-25-20(26-11-10-19(30)29-18-9-4-15(2)12-27-18)28-13-16-5-7-17(8-6-16)31-14-21(22,23)24;/h4-9,12H,3,10-11,13-14H2,1-2H3,(H2,25,26,28)(H,27,29,30);1H. The molecule has 2 aromatic rings. The maximum Gasteiger partial charge on any atom is 0.422 e. The second-order valence-electron chi connectivity index (χ2n) is 6.69. The highest BCUT2D eigenvalue weighted by Crippen LogP contribution is 2.19. The summed E-state index contributed by atoms with van der Waals surface area (Å²) in [6.45, 7) is 3.82. The van der Waals surface area contributed by atoms with Gasteiger partial charge in [-0.15, -0.1) is 24.0 Å². The van der Waals surface area contributed by atoms with E-state index in [1.165, 1.54) is 12.1 Å². The van der Waals surface area contributed by atoms with Crippen molar-refractivity contribution in [3.05, 3.63) is 53.7 Å². The third-order valence-electron chi connectivity index (χ3n) is 3.91. The number of ether oxygens (including phenoxy) is 1. The highest BCUT2D eigenvalue weighted by molar-refractivity contribution is 14.0. The lowest BCUT2D eigenvalue weighted by Crippen LogP contribution is -2.38. The number of alkyl halides is 3. The SMILES string of the molecule is CCNC(=NCc1ccc(OCC(F)(F)F)cc1)NCCC(=O)Nc1ccc(C)cn1.I. The molecule has 1 aromatic carbocycles. The van der Waals surface area contributed by atoms with E-state index in [-0.39, 0.29) is 42.1 Å². The molecule has 11 heteroatoms. The first-order chi connectivity index (χ1) is 14.7. The van der Waals surface area contributed by atoms with Crippen molar-refractivity contribution in [1.29, 1.82) is 0 Å². The molecule has 7 nitrogen and oxygen atoms in total. The number of pyridine rings is 1. The third-order valence-corrected chi connectivity index (χ3v) is 3.91. The Bertz CT molecular complexity index is 859. The molecule has 0 aliphatic rings. The van der Waals surface area contributed by atoms with Crippen LogP contribution < -0.4 is 20.7 Å². The van der Waals surface area contributed by atoms with Gasteiger partial charge in [0, 0.05) is 25.7 Å². The molecule has 0 radical (unpaired) electrons. The summed E-state index contributed by atoms with van der Waals surface area (Å²) in [5.74, 6) is 0.998. The van der Waals surface area contributed by atoms with Crippen LogP contribution in [-0.2, 0) is 11.3 Å². The summed E-state index contributed by atoms with van der Waals surface area (Å²) in [7, 11) is 0. The molecule has 0 bridgehead atoms. The van der Waals surface area contributed by atoms with Gasteiger partial charge in [-0.3, -0.25) is 4.79 Å². The number of hydrogen-bond donors (Lipinski definition) is 3. The number of aryl methyl sites for hydroxylation is 1. The quantitative estimate of drug-likeness (QED) is 0.243. The van der Waals surface area contributed by atoms with E-state index < -0.39 is 12.8 Å². The van der Waals surface area contributed by atoms with Gasteiger partial charge in [-0.1, -0.05) is 18.2 Å². The normalized spacial score (nSPS) is 11.3. The van der Waals surface area contributed by atoms with Crippen LogP contribution in [0.2, 0.25) is 0 Å². The zero-order valence-electron chi connectivity index (χ0n) is 17.8. The summed E-state index contributed by atoms with van der Waals surface area (Å²) in [6.07, 6.45) is -2.47. The topological polar surface area (TPSA) is 87.6 Å². The molecular weight excluding hydrogens is 538 g/mol. The van der Waals surface area contributed by atoms with Crippen LogP contribution >= 0.6 is 24.0 Å². The van der Waals surface area contributed by atoms with Crippen LogP contribution in [0.4, 0.5) is 19.0 Å². The summed E-state index contributed by atoms with van der Waals surface area (Å²) in [6, 6.07) is 9.86. The largest absolute Gasteiger partial charge is 0.484 e. The van der Waals surface area contributed by atoms with Gasteiger partial charge in [0.15, 0.2) is 12.6 Å². The van der Waals surface area contributed by atoms with Crippen LogP contribution in [0.1, 0.15) is 24.5 Å². The van der Waals surface area contributed by atoms with E-state index in [4.69, 9.17) is 0 Å². The molecule has 0 saturated carbocycles. The van der Waals surface area contributed by atoms with E-state index >= 15 is 0 Å². The van der Waals surface area contributed by atoms with Crippen LogP contribution in [0, 0.1) is 6.92 Å². The Labute approximate surface area is 202 Å². The number of nitrogens with one attached hydrogen (secondary N) is 3. The molecule has 0 unspecified atom stereocenters. The van der Waals surface area contributed by atoms with Crippen LogP contribution in [0.5, 0.6) is 5.75 Å².